The van der Waals surface area contributed by atoms with Crippen LogP contribution in [-0.2, 0) is 0 Å². The number of carbonyl (C=O) groups is 1. The average molecular weight is 225 g/mol. The third-order valence-electron chi connectivity index (χ3n) is 3.83. The molecule has 0 bridgehead atoms. The van der Waals surface area contributed by atoms with Gasteiger partial charge in [-0.1, -0.05) is 25.7 Å². The summed E-state index contributed by atoms with van der Waals surface area (Å²) in [4.78, 5) is 11.7. The molecule has 4 heteroatoms. The van der Waals surface area contributed by atoms with Crippen molar-refractivity contribution in [2.75, 3.05) is 0 Å². The molecule has 4 nitrogen and oxygen atoms in total. The number of hydrogen-bond donors (Lipinski definition) is 3. The number of hydrogen-bond acceptors (Lipinski definition) is 2. The maximum atomic E-state index is 11.7. The molecule has 0 aromatic rings. The topological polar surface area (TPSA) is 67.1 Å². The number of amides is 2. The van der Waals surface area contributed by atoms with E-state index in [1.165, 1.54) is 25.7 Å². The zero-order valence-corrected chi connectivity index (χ0v) is 9.87. The Bertz CT molecular complexity index is 238. The summed E-state index contributed by atoms with van der Waals surface area (Å²) in [7, 11) is 0. The second-order valence-electron chi connectivity index (χ2n) is 5.15. The molecule has 92 valence electrons. The van der Waals surface area contributed by atoms with Crippen molar-refractivity contribution >= 4 is 6.03 Å². The van der Waals surface area contributed by atoms with Crippen LogP contribution in [0, 0.1) is 0 Å². The number of nitrogens with one attached hydrogen (secondary N) is 2. The molecule has 2 fully saturated rings. The lowest BCUT2D eigenvalue weighted by atomic mass is 9.91. The molecule has 0 radical (unpaired) electrons. The predicted molar refractivity (Wildman–Crippen MR) is 64.2 cm³/mol. The maximum Gasteiger partial charge on any atom is 0.315 e. The first-order valence-corrected chi connectivity index (χ1v) is 6.58. The van der Waals surface area contributed by atoms with Crippen LogP contribution in [0.15, 0.2) is 0 Å². The van der Waals surface area contributed by atoms with Crippen molar-refractivity contribution in [3.63, 3.8) is 0 Å². The molecule has 2 amide bonds. The molecule has 0 spiro atoms. The molecular formula is C12H23N3O. The van der Waals surface area contributed by atoms with Gasteiger partial charge in [-0.25, -0.2) is 4.79 Å². The zero-order chi connectivity index (χ0) is 11.4. The molecule has 2 saturated carbocycles. The molecule has 0 aliphatic heterocycles. The minimum atomic E-state index is -0.0192. The lowest BCUT2D eigenvalue weighted by Crippen LogP contribution is -2.53. The predicted octanol–water partition coefficient (Wildman–Crippen LogP) is 1.50. The Morgan fingerprint density at radius 2 is 1.56 bits per heavy atom. The molecule has 2 unspecified atom stereocenters. The van der Waals surface area contributed by atoms with Crippen molar-refractivity contribution in [3.8, 4) is 0 Å². The van der Waals surface area contributed by atoms with Crippen LogP contribution in [-0.4, -0.2) is 24.2 Å². The van der Waals surface area contributed by atoms with E-state index in [9.17, 15) is 4.79 Å². The number of urea groups is 1. The second-order valence-corrected chi connectivity index (χ2v) is 5.15. The van der Waals surface area contributed by atoms with Gasteiger partial charge in [0.05, 0.1) is 0 Å². The van der Waals surface area contributed by atoms with Gasteiger partial charge in [-0.05, 0) is 25.7 Å². The SMILES string of the molecule is NC1CCCCC1NC(=O)NC1CCCC1. The van der Waals surface area contributed by atoms with Crippen LogP contribution in [0.3, 0.4) is 0 Å². The maximum absolute atomic E-state index is 11.7. The molecule has 2 atom stereocenters. The van der Waals surface area contributed by atoms with Crippen LogP contribution in [0.1, 0.15) is 51.4 Å². The molecule has 2 aliphatic carbocycles. The largest absolute Gasteiger partial charge is 0.335 e. The highest BCUT2D eigenvalue weighted by Crippen LogP contribution is 2.18. The van der Waals surface area contributed by atoms with Gasteiger partial charge in [0.15, 0.2) is 0 Å². The third-order valence-corrected chi connectivity index (χ3v) is 3.83. The van der Waals surface area contributed by atoms with Crippen LogP contribution in [0.5, 0.6) is 0 Å². The summed E-state index contributed by atoms with van der Waals surface area (Å²) in [5.74, 6) is 0. The van der Waals surface area contributed by atoms with Crippen LogP contribution in [0.4, 0.5) is 4.79 Å². The van der Waals surface area contributed by atoms with Gasteiger partial charge in [0.1, 0.15) is 0 Å². The summed E-state index contributed by atoms with van der Waals surface area (Å²) in [6.45, 7) is 0. The Morgan fingerprint density at radius 1 is 0.938 bits per heavy atom. The minimum absolute atomic E-state index is 0.0192. The van der Waals surface area contributed by atoms with Crippen LogP contribution in [0.25, 0.3) is 0 Å². The van der Waals surface area contributed by atoms with Crippen molar-refractivity contribution in [1.82, 2.24) is 10.6 Å². The fourth-order valence-corrected chi connectivity index (χ4v) is 2.80. The monoisotopic (exact) mass is 225 g/mol. The number of carbonyl (C=O) groups excluding carboxylic acids is 1. The molecule has 2 aliphatic rings. The Balaban J connectivity index is 1.72. The summed E-state index contributed by atoms with van der Waals surface area (Å²) >= 11 is 0. The molecule has 0 saturated heterocycles. The van der Waals surface area contributed by atoms with Gasteiger partial charge in [-0.15, -0.1) is 0 Å². The highest BCUT2D eigenvalue weighted by Gasteiger charge is 2.24. The molecule has 0 aromatic heterocycles. The lowest BCUT2D eigenvalue weighted by Gasteiger charge is -2.29. The normalized spacial score (nSPS) is 31.3. The number of rotatable bonds is 2. The molecule has 0 aromatic carbocycles. The van der Waals surface area contributed by atoms with E-state index in [1.807, 2.05) is 0 Å². The first-order valence-electron chi connectivity index (χ1n) is 6.58. The van der Waals surface area contributed by atoms with Crippen LogP contribution < -0.4 is 16.4 Å². The standard InChI is InChI=1S/C12H23N3O/c13-10-7-3-4-8-11(10)15-12(16)14-9-5-1-2-6-9/h9-11H,1-8,13H2,(H2,14,15,16). The molecule has 4 N–H and O–H groups in total. The van der Waals surface area contributed by atoms with Gasteiger partial charge >= 0.3 is 6.03 Å². The Labute approximate surface area is 97.3 Å². The van der Waals surface area contributed by atoms with Crippen molar-refractivity contribution < 1.29 is 4.79 Å². The molecular weight excluding hydrogens is 202 g/mol. The fourth-order valence-electron chi connectivity index (χ4n) is 2.80. The summed E-state index contributed by atoms with van der Waals surface area (Å²) < 4.78 is 0. The van der Waals surface area contributed by atoms with E-state index in [0.717, 1.165) is 25.7 Å². The summed E-state index contributed by atoms with van der Waals surface area (Å²) in [6, 6.07) is 0.687. The number of nitrogens with two attached hydrogens (primary N) is 1. The van der Waals surface area contributed by atoms with E-state index in [0.29, 0.717) is 6.04 Å². The van der Waals surface area contributed by atoms with Crippen molar-refractivity contribution in [2.24, 2.45) is 5.73 Å². The van der Waals surface area contributed by atoms with E-state index in [-0.39, 0.29) is 18.1 Å². The third kappa shape index (κ3) is 3.11. The van der Waals surface area contributed by atoms with Crippen molar-refractivity contribution in [2.45, 2.75) is 69.5 Å². The van der Waals surface area contributed by atoms with Gasteiger partial charge in [0.25, 0.3) is 0 Å². The van der Waals surface area contributed by atoms with E-state index in [1.54, 1.807) is 0 Å². The van der Waals surface area contributed by atoms with Crippen LogP contribution >= 0.6 is 0 Å². The van der Waals surface area contributed by atoms with Gasteiger partial charge in [0, 0.05) is 18.1 Å². The van der Waals surface area contributed by atoms with Gasteiger partial charge in [-0.3, -0.25) is 0 Å². The van der Waals surface area contributed by atoms with Gasteiger partial charge in [-0.2, -0.15) is 0 Å². The second kappa shape index (κ2) is 5.53. The Morgan fingerprint density at radius 3 is 2.25 bits per heavy atom. The van der Waals surface area contributed by atoms with Gasteiger partial charge in [0.2, 0.25) is 0 Å². The summed E-state index contributed by atoms with van der Waals surface area (Å²) in [6.07, 6.45) is 9.19. The van der Waals surface area contributed by atoms with Crippen molar-refractivity contribution in [3.05, 3.63) is 0 Å². The first kappa shape index (κ1) is 11.7. The highest BCUT2D eigenvalue weighted by atomic mass is 16.2. The quantitative estimate of drug-likeness (QED) is 0.666. The molecule has 2 rings (SSSR count). The lowest BCUT2D eigenvalue weighted by molar-refractivity contribution is 0.225. The Kier molecular flexibility index (Phi) is 4.04. The smallest absolute Gasteiger partial charge is 0.315 e. The van der Waals surface area contributed by atoms with E-state index in [2.05, 4.69) is 10.6 Å². The van der Waals surface area contributed by atoms with E-state index >= 15 is 0 Å². The highest BCUT2D eigenvalue weighted by molar-refractivity contribution is 5.74. The van der Waals surface area contributed by atoms with E-state index in [4.69, 9.17) is 5.73 Å². The molecule has 16 heavy (non-hydrogen) atoms. The molecule has 0 heterocycles. The zero-order valence-electron chi connectivity index (χ0n) is 9.87. The average Bonchev–Trinajstić information content (AvgIpc) is 2.74. The Hall–Kier alpha value is -0.770. The van der Waals surface area contributed by atoms with Crippen LogP contribution in [0.2, 0.25) is 0 Å². The minimum Gasteiger partial charge on any atom is -0.335 e. The summed E-state index contributed by atoms with van der Waals surface area (Å²) in [5, 5.41) is 6.06. The first-order chi connectivity index (χ1) is 7.75. The summed E-state index contributed by atoms with van der Waals surface area (Å²) in [5.41, 5.74) is 5.99. The van der Waals surface area contributed by atoms with E-state index < -0.39 is 0 Å². The fraction of sp³-hybridized carbons (Fsp3) is 0.917. The van der Waals surface area contributed by atoms with Crippen molar-refractivity contribution in [1.29, 1.82) is 0 Å². The van der Waals surface area contributed by atoms with Gasteiger partial charge < -0.3 is 16.4 Å².